The van der Waals surface area contributed by atoms with E-state index in [-0.39, 0.29) is 36.0 Å². The number of anilines is 1. The van der Waals surface area contributed by atoms with E-state index in [2.05, 4.69) is 15.6 Å². The lowest BCUT2D eigenvalue weighted by Gasteiger charge is -2.35. The van der Waals surface area contributed by atoms with E-state index in [1.165, 1.54) is 0 Å². The Morgan fingerprint density at radius 2 is 1.86 bits per heavy atom. The molecule has 7 nitrogen and oxygen atoms in total. The van der Waals surface area contributed by atoms with Gasteiger partial charge < -0.3 is 15.5 Å². The van der Waals surface area contributed by atoms with Crippen LogP contribution >= 0.6 is 11.6 Å². The van der Waals surface area contributed by atoms with E-state index in [1.807, 2.05) is 18.7 Å². The van der Waals surface area contributed by atoms with E-state index < -0.39 is 11.7 Å². The van der Waals surface area contributed by atoms with Gasteiger partial charge in [0.2, 0.25) is 11.8 Å². The zero-order valence-corrected chi connectivity index (χ0v) is 16.4. The molecule has 2 heterocycles. The summed E-state index contributed by atoms with van der Waals surface area (Å²) in [4.78, 5) is 31.0. The molecule has 1 aliphatic heterocycles. The maximum Gasteiger partial charge on any atom is 0.417 e. The average molecular weight is 422 g/mol. The average Bonchev–Trinajstić information content (AvgIpc) is 2.59. The van der Waals surface area contributed by atoms with Crippen LogP contribution in [0.2, 0.25) is 5.02 Å². The van der Waals surface area contributed by atoms with Gasteiger partial charge in [0.1, 0.15) is 5.82 Å². The first-order valence-electron chi connectivity index (χ1n) is 8.82. The molecule has 0 radical (unpaired) electrons. The Hall–Kier alpha value is -2.07. The van der Waals surface area contributed by atoms with E-state index >= 15 is 0 Å². The van der Waals surface area contributed by atoms with Crippen LogP contribution in [0.3, 0.4) is 0 Å². The molecule has 0 aliphatic carbocycles. The molecule has 0 unspecified atom stereocenters. The monoisotopic (exact) mass is 421 g/mol. The maximum atomic E-state index is 12.7. The molecule has 2 amide bonds. The fourth-order valence-electron chi connectivity index (χ4n) is 2.75. The lowest BCUT2D eigenvalue weighted by atomic mass is 10.2. The molecule has 0 aromatic carbocycles. The van der Waals surface area contributed by atoms with Crippen molar-refractivity contribution in [3.05, 3.63) is 22.8 Å². The van der Waals surface area contributed by atoms with Crippen LogP contribution in [-0.2, 0) is 15.8 Å². The third kappa shape index (κ3) is 6.52. The fourth-order valence-corrected chi connectivity index (χ4v) is 3.03. The van der Waals surface area contributed by atoms with E-state index in [0.717, 1.165) is 12.3 Å². The van der Waals surface area contributed by atoms with Gasteiger partial charge in [-0.05, 0) is 19.9 Å². The summed E-state index contributed by atoms with van der Waals surface area (Å²) >= 11 is 5.98. The Kier molecular flexibility index (Phi) is 7.48. The van der Waals surface area contributed by atoms with E-state index in [1.54, 1.807) is 4.90 Å². The molecule has 0 saturated carbocycles. The Morgan fingerprint density at radius 1 is 1.21 bits per heavy atom. The topological polar surface area (TPSA) is 77.6 Å². The molecule has 1 aromatic rings. The molecular formula is C17H23ClF3N5O2. The molecule has 1 aliphatic rings. The highest BCUT2D eigenvalue weighted by Gasteiger charge is 2.32. The number of hydrogen-bond acceptors (Lipinski definition) is 5. The minimum Gasteiger partial charge on any atom is -0.353 e. The number of carbonyl (C=O) groups is 2. The second-order valence-corrected chi connectivity index (χ2v) is 7.20. The zero-order chi connectivity index (χ0) is 20.9. The first kappa shape index (κ1) is 22.2. The van der Waals surface area contributed by atoms with Crippen LogP contribution in [0, 0.1) is 0 Å². The van der Waals surface area contributed by atoms with Crippen LogP contribution < -0.4 is 15.5 Å². The summed E-state index contributed by atoms with van der Waals surface area (Å²) in [5, 5.41) is 5.18. The van der Waals surface area contributed by atoms with Crippen LogP contribution in [0.1, 0.15) is 19.4 Å². The summed E-state index contributed by atoms with van der Waals surface area (Å²) in [5.41, 5.74) is -0.891. The predicted molar refractivity (Wildman–Crippen MR) is 99.2 cm³/mol. The Morgan fingerprint density at radius 3 is 2.39 bits per heavy atom. The SMILES string of the molecule is CC(C)NC(=O)CNC(=O)CN1CCN(c2ncc(C(F)(F)F)cc2Cl)CC1. The van der Waals surface area contributed by atoms with Gasteiger partial charge in [0.05, 0.1) is 23.7 Å². The molecule has 28 heavy (non-hydrogen) atoms. The minimum atomic E-state index is -4.49. The van der Waals surface area contributed by atoms with Gasteiger partial charge in [0, 0.05) is 38.4 Å². The van der Waals surface area contributed by atoms with Gasteiger partial charge in [0.25, 0.3) is 0 Å². The molecule has 11 heteroatoms. The normalized spacial score (nSPS) is 15.6. The number of pyridine rings is 1. The van der Waals surface area contributed by atoms with Crippen molar-refractivity contribution >= 4 is 29.2 Å². The van der Waals surface area contributed by atoms with Crippen LogP contribution in [0.4, 0.5) is 19.0 Å². The summed E-state index contributed by atoms with van der Waals surface area (Å²) in [6.07, 6.45) is -3.73. The molecule has 1 fully saturated rings. The molecule has 156 valence electrons. The molecule has 0 bridgehead atoms. The summed E-state index contributed by atoms with van der Waals surface area (Å²) in [6, 6.07) is 0.870. The molecule has 1 aromatic heterocycles. The van der Waals surface area contributed by atoms with Crippen molar-refractivity contribution in [1.29, 1.82) is 0 Å². The first-order valence-corrected chi connectivity index (χ1v) is 9.20. The molecule has 2 rings (SSSR count). The van der Waals surface area contributed by atoms with Crippen LogP contribution in [0.25, 0.3) is 0 Å². The summed E-state index contributed by atoms with van der Waals surface area (Å²) in [6.45, 7) is 5.70. The molecule has 0 atom stereocenters. The summed E-state index contributed by atoms with van der Waals surface area (Å²) in [5.74, 6) is -0.224. The highest BCUT2D eigenvalue weighted by molar-refractivity contribution is 6.33. The third-order valence-corrected chi connectivity index (χ3v) is 4.36. The zero-order valence-electron chi connectivity index (χ0n) is 15.6. The van der Waals surface area contributed by atoms with E-state index in [4.69, 9.17) is 11.6 Å². The lowest BCUT2D eigenvalue weighted by molar-refractivity contribution is -0.137. The van der Waals surface area contributed by atoms with Crippen LogP contribution in [-0.4, -0.2) is 67.0 Å². The quantitative estimate of drug-likeness (QED) is 0.728. The van der Waals surface area contributed by atoms with E-state index in [9.17, 15) is 22.8 Å². The van der Waals surface area contributed by atoms with Gasteiger partial charge in [-0.3, -0.25) is 14.5 Å². The van der Waals surface area contributed by atoms with E-state index in [0.29, 0.717) is 32.0 Å². The number of alkyl halides is 3. The number of nitrogens with one attached hydrogen (secondary N) is 2. The van der Waals surface area contributed by atoms with Crippen molar-refractivity contribution in [1.82, 2.24) is 20.5 Å². The minimum absolute atomic E-state index is 0.00288. The van der Waals surface area contributed by atoms with Crippen molar-refractivity contribution in [2.75, 3.05) is 44.2 Å². The van der Waals surface area contributed by atoms with Gasteiger partial charge in [-0.1, -0.05) is 11.6 Å². The summed E-state index contributed by atoms with van der Waals surface area (Å²) < 4.78 is 38.1. The molecule has 0 spiro atoms. The van der Waals surface area contributed by atoms with Crippen LogP contribution in [0.5, 0.6) is 0 Å². The first-order chi connectivity index (χ1) is 13.1. The standard InChI is InChI=1S/C17H23ClF3N5O2/c1-11(2)24-14(27)9-22-15(28)10-25-3-5-26(6-4-25)16-13(18)7-12(8-23-16)17(19,20)21/h7-8,11H,3-6,9-10H2,1-2H3,(H,22,28)(H,24,27). The third-order valence-electron chi connectivity index (χ3n) is 4.08. The number of piperazine rings is 1. The van der Waals surface area contributed by atoms with Crippen molar-refractivity contribution in [3.63, 3.8) is 0 Å². The van der Waals surface area contributed by atoms with Crippen molar-refractivity contribution < 1.29 is 22.8 Å². The van der Waals surface area contributed by atoms with Crippen molar-refractivity contribution in [3.8, 4) is 0 Å². The Balaban J connectivity index is 1.81. The highest BCUT2D eigenvalue weighted by Crippen LogP contribution is 2.33. The largest absolute Gasteiger partial charge is 0.417 e. The molecule has 2 N–H and O–H groups in total. The number of rotatable bonds is 6. The maximum absolute atomic E-state index is 12.7. The number of nitrogens with zero attached hydrogens (tertiary/aromatic N) is 3. The van der Waals surface area contributed by atoms with Gasteiger partial charge in [-0.25, -0.2) is 4.98 Å². The second-order valence-electron chi connectivity index (χ2n) is 6.79. The van der Waals surface area contributed by atoms with Gasteiger partial charge >= 0.3 is 6.18 Å². The fraction of sp³-hybridized carbons (Fsp3) is 0.588. The van der Waals surface area contributed by atoms with Gasteiger partial charge in [0.15, 0.2) is 0 Å². The van der Waals surface area contributed by atoms with Gasteiger partial charge in [-0.15, -0.1) is 0 Å². The number of carbonyl (C=O) groups excluding carboxylic acids is 2. The predicted octanol–water partition coefficient (Wildman–Crippen LogP) is 1.52. The molecule has 1 saturated heterocycles. The Bertz CT molecular complexity index is 707. The van der Waals surface area contributed by atoms with Gasteiger partial charge in [-0.2, -0.15) is 13.2 Å². The lowest BCUT2D eigenvalue weighted by Crippen LogP contribution is -2.50. The van der Waals surface area contributed by atoms with Crippen molar-refractivity contribution in [2.45, 2.75) is 26.1 Å². The smallest absolute Gasteiger partial charge is 0.353 e. The number of aromatic nitrogens is 1. The number of halogens is 4. The van der Waals surface area contributed by atoms with Crippen molar-refractivity contribution in [2.24, 2.45) is 0 Å². The Labute approximate surface area is 166 Å². The highest BCUT2D eigenvalue weighted by atomic mass is 35.5. The number of hydrogen-bond donors (Lipinski definition) is 2. The molecular weight excluding hydrogens is 399 g/mol. The number of amides is 2. The second kappa shape index (κ2) is 9.42. The van der Waals surface area contributed by atoms with Crippen LogP contribution in [0.15, 0.2) is 12.3 Å². The summed E-state index contributed by atoms with van der Waals surface area (Å²) in [7, 11) is 0.